The first-order valence-corrected chi connectivity index (χ1v) is 6.91. The van der Waals surface area contributed by atoms with E-state index < -0.39 is 33.7 Å². The number of halogens is 1. The van der Waals surface area contributed by atoms with Gasteiger partial charge in [-0.05, 0) is 24.3 Å². The van der Waals surface area contributed by atoms with Gasteiger partial charge in [-0.3, -0.25) is 13.8 Å². The first-order chi connectivity index (χ1) is 8.88. The van der Waals surface area contributed by atoms with Crippen molar-refractivity contribution >= 4 is 28.4 Å². The fourth-order valence-electron chi connectivity index (χ4n) is 1.34. The summed E-state index contributed by atoms with van der Waals surface area (Å²) in [6.45, 7) is 1.51. The number of amides is 1. The molecule has 0 saturated heterocycles. The molecule has 5 nitrogen and oxygen atoms in total. The van der Waals surface area contributed by atoms with Crippen LogP contribution in [-0.4, -0.2) is 32.2 Å². The number of hydrogen-bond acceptors (Lipinski definition) is 3. The summed E-state index contributed by atoms with van der Waals surface area (Å²) in [7, 11) is -1.56. The topological polar surface area (TPSA) is 83.5 Å². The molecule has 0 spiro atoms. The monoisotopic (exact) mass is 287 g/mol. The van der Waals surface area contributed by atoms with Crippen LogP contribution in [0.4, 0.5) is 10.1 Å². The quantitative estimate of drug-likeness (QED) is 0.828. The molecule has 104 valence electrons. The molecule has 2 atom stereocenters. The van der Waals surface area contributed by atoms with Gasteiger partial charge in [-0.15, -0.1) is 0 Å². The molecule has 1 aromatic rings. The lowest BCUT2D eigenvalue weighted by Crippen LogP contribution is -2.26. The molecule has 2 unspecified atom stereocenters. The lowest BCUT2D eigenvalue weighted by atomic mass is 10.3. The lowest BCUT2D eigenvalue weighted by molar-refractivity contribution is -0.136. The van der Waals surface area contributed by atoms with Crippen LogP contribution in [0.3, 0.4) is 0 Å². The lowest BCUT2D eigenvalue weighted by Gasteiger charge is -2.09. The zero-order chi connectivity index (χ0) is 14.4. The van der Waals surface area contributed by atoms with Gasteiger partial charge in [0.05, 0.1) is 6.42 Å². The number of hydrogen-bond donors (Lipinski definition) is 2. The molecular formula is C12H14FNO4S. The Morgan fingerprint density at radius 1 is 1.37 bits per heavy atom. The van der Waals surface area contributed by atoms with E-state index in [2.05, 4.69) is 5.32 Å². The molecule has 1 amide bonds. The molecule has 19 heavy (non-hydrogen) atoms. The molecule has 0 aliphatic rings. The van der Waals surface area contributed by atoms with E-state index >= 15 is 0 Å². The third-order valence-corrected chi connectivity index (χ3v) is 3.92. The number of anilines is 1. The van der Waals surface area contributed by atoms with Crippen LogP contribution in [0.2, 0.25) is 0 Å². The summed E-state index contributed by atoms with van der Waals surface area (Å²) in [5.41, 5.74) is 0.397. The van der Waals surface area contributed by atoms with Crippen molar-refractivity contribution in [2.75, 3.05) is 11.1 Å². The van der Waals surface area contributed by atoms with Gasteiger partial charge < -0.3 is 10.4 Å². The minimum Gasteiger partial charge on any atom is -0.481 e. The zero-order valence-corrected chi connectivity index (χ0v) is 11.1. The van der Waals surface area contributed by atoms with Crippen molar-refractivity contribution in [3.05, 3.63) is 30.1 Å². The molecule has 0 fully saturated rings. The molecule has 0 heterocycles. The van der Waals surface area contributed by atoms with Gasteiger partial charge in [-0.1, -0.05) is 6.92 Å². The molecular weight excluding hydrogens is 273 g/mol. The smallest absolute Gasteiger partial charge is 0.304 e. The predicted molar refractivity (Wildman–Crippen MR) is 69.8 cm³/mol. The van der Waals surface area contributed by atoms with E-state index in [0.717, 1.165) is 0 Å². The summed E-state index contributed by atoms with van der Waals surface area (Å²) in [5, 5.41) is 10.4. The fraction of sp³-hybridized carbons (Fsp3) is 0.333. The van der Waals surface area contributed by atoms with E-state index in [1.54, 1.807) is 0 Å². The highest BCUT2D eigenvalue weighted by molar-refractivity contribution is 7.86. The molecule has 0 saturated carbocycles. The van der Waals surface area contributed by atoms with E-state index in [9.17, 15) is 18.2 Å². The summed E-state index contributed by atoms with van der Waals surface area (Å²) in [6, 6.07) is 5.16. The third kappa shape index (κ3) is 5.60. The van der Waals surface area contributed by atoms with Crippen LogP contribution in [0.1, 0.15) is 13.3 Å². The van der Waals surface area contributed by atoms with E-state index in [0.29, 0.717) is 5.69 Å². The Balaban J connectivity index is 2.49. The summed E-state index contributed by atoms with van der Waals surface area (Å²) < 4.78 is 24.3. The highest BCUT2D eigenvalue weighted by Crippen LogP contribution is 2.09. The van der Waals surface area contributed by atoms with Crippen LogP contribution in [0.5, 0.6) is 0 Å². The second-order valence-corrected chi connectivity index (χ2v) is 5.84. The van der Waals surface area contributed by atoms with Crippen molar-refractivity contribution in [3.63, 3.8) is 0 Å². The number of nitrogens with one attached hydrogen (secondary N) is 1. The van der Waals surface area contributed by atoms with Crippen molar-refractivity contribution in [2.24, 2.45) is 0 Å². The second kappa shape index (κ2) is 6.98. The normalized spacial score (nSPS) is 13.6. The highest BCUT2D eigenvalue weighted by atomic mass is 32.2. The molecule has 0 aliphatic heterocycles. The van der Waals surface area contributed by atoms with E-state index in [1.807, 2.05) is 0 Å². The van der Waals surface area contributed by atoms with Gasteiger partial charge in [0.2, 0.25) is 5.91 Å². The van der Waals surface area contributed by atoms with Gasteiger partial charge in [0, 0.05) is 21.7 Å². The van der Waals surface area contributed by atoms with Crippen molar-refractivity contribution in [2.45, 2.75) is 18.6 Å². The number of benzene rings is 1. The Morgan fingerprint density at radius 3 is 2.47 bits per heavy atom. The molecule has 1 rings (SSSR count). The molecule has 7 heteroatoms. The highest BCUT2D eigenvalue weighted by Gasteiger charge is 2.18. The molecule has 1 aromatic carbocycles. The van der Waals surface area contributed by atoms with Crippen LogP contribution >= 0.6 is 0 Å². The van der Waals surface area contributed by atoms with E-state index in [1.165, 1.54) is 31.2 Å². The summed E-state index contributed by atoms with van der Waals surface area (Å²) in [4.78, 5) is 22.0. The van der Waals surface area contributed by atoms with Crippen molar-refractivity contribution in [3.8, 4) is 0 Å². The Labute approximate surface area is 112 Å². The van der Waals surface area contributed by atoms with Gasteiger partial charge in [-0.2, -0.15) is 0 Å². The predicted octanol–water partition coefficient (Wildman–Crippen LogP) is 1.38. The van der Waals surface area contributed by atoms with Crippen LogP contribution in [0, 0.1) is 5.82 Å². The van der Waals surface area contributed by atoms with Gasteiger partial charge in [0.15, 0.2) is 0 Å². The average Bonchev–Trinajstić information content (AvgIpc) is 2.31. The first kappa shape index (κ1) is 15.3. The van der Waals surface area contributed by atoms with Gasteiger partial charge in [0.1, 0.15) is 11.6 Å². The SMILES string of the molecule is CC(CC(=O)O)S(=O)CC(=O)Nc1ccc(F)cc1. The number of carboxylic acid groups (broad SMARTS) is 1. The molecule has 0 aromatic heterocycles. The molecule has 0 aliphatic carbocycles. The molecule has 0 bridgehead atoms. The minimum atomic E-state index is -1.56. The average molecular weight is 287 g/mol. The standard InChI is InChI=1S/C12H14FNO4S/c1-8(6-12(16)17)19(18)7-11(15)14-10-4-2-9(13)3-5-10/h2-5,8H,6-7H2,1H3,(H,14,15)(H,16,17). The molecule has 0 radical (unpaired) electrons. The van der Waals surface area contributed by atoms with Gasteiger partial charge >= 0.3 is 5.97 Å². The number of carbonyl (C=O) groups is 2. The maximum absolute atomic E-state index is 12.6. The Hall–Kier alpha value is -1.76. The first-order valence-electron chi connectivity index (χ1n) is 5.53. The number of rotatable bonds is 6. The molecule has 2 N–H and O–H groups in total. The maximum Gasteiger partial charge on any atom is 0.304 e. The Bertz CT molecular complexity index is 489. The maximum atomic E-state index is 12.6. The third-order valence-electron chi connectivity index (χ3n) is 2.31. The Kier molecular flexibility index (Phi) is 5.62. The summed E-state index contributed by atoms with van der Waals surface area (Å²) in [5.74, 6) is -2.26. The summed E-state index contributed by atoms with van der Waals surface area (Å²) in [6.07, 6.45) is -0.254. The fourth-order valence-corrected chi connectivity index (χ4v) is 2.28. The zero-order valence-electron chi connectivity index (χ0n) is 10.3. The van der Waals surface area contributed by atoms with E-state index in [4.69, 9.17) is 5.11 Å². The van der Waals surface area contributed by atoms with Gasteiger partial charge in [-0.25, -0.2) is 4.39 Å². The number of aliphatic carboxylic acids is 1. The van der Waals surface area contributed by atoms with Gasteiger partial charge in [0.25, 0.3) is 0 Å². The van der Waals surface area contributed by atoms with Crippen LogP contribution in [-0.2, 0) is 20.4 Å². The largest absolute Gasteiger partial charge is 0.481 e. The van der Waals surface area contributed by atoms with Crippen LogP contribution < -0.4 is 5.32 Å². The number of carbonyl (C=O) groups excluding carboxylic acids is 1. The number of carboxylic acids is 1. The van der Waals surface area contributed by atoms with Crippen molar-refractivity contribution in [1.82, 2.24) is 0 Å². The van der Waals surface area contributed by atoms with Crippen LogP contribution in [0.25, 0.3) is 0 Å². The Morgan fingerprint density at radius 2 is 1.95 bits per heavy atom. The van der Waals surface area contributed by atoms with Crippen LogP contribution in [0.15, 0.2) is 24.3 Å². The summed E-state index contributed by atoms with van der Waals surface area (Å²) >= 11 is 0. The van der Waals surface area contributed by atoms with Crippen molar-refractivity contribution < 1.29 is 23.3 Å². The van der Waals surface area contributed by atoms with E-state index in [-0.39, 0.29) is 12.2 Å². The minimum absolute atomic E-state index is 0.254. The second-order valence-electron chi connectivity index (χ2n) is 3.99. The van der Waals surface area contributed by atoms with Crippen molar-refractivity contribution in [1.29, 1.82) is 0 Å².